The van der Waals surface area contributed by atoms with Crippen molar-refractivity contribution in [2.45, 2.75) is 6.92 Å². The quantitative estimate of drug-likeness (QED) is 0.332. The van der Waals surface area contributed by atoms with E-state index in [9.17, 15) is 9.18 Å². The summed E-state index contributed by atoms with van der Waals surface area (Å²) >= 11 is 1.21. The number of nitrogen functional groups attached to an aromatic ring is 1. The van der Waals surface area contributed by atoms with Crippen molar-refractivity contribution in [1.29, 1.82) is 0 Å². The lowest BCUT2D eigenvalue weighted by Gasteiger charge is -2.07. The summed E-state index contributed by atoms with van der Waals surface area (Å²) < 4.78 is 18.8. The van der Waals surface area contributed by atoms with E-state index in [0.717, 1.165) is 22.4 Å². The molecule has 5 rings (SSSR count). The van der Waals surface area contributed by atoms with Gasteiger partial charge in [-0.3, -0.25) is 4.79 Å². The second kappa shape index (κ2) is 7.94. The van der Waals surface area contributed by atoms with Crippen molar-refractivity contribution in [1.82, 2.24) is 4.98 Å². The summed E-state index contributed by atoms with van der Waals surface area (Å²) in [5.41, 5.74) is 10.9. The molecule has 0 fully saturated rings. The topological polar surface area (TPSA) is 81.1 Å². The van der Waals surface area contributed by atoms with Gasteiger partial charge in [-0.1, -0.05) is 29.8 Å². The van der Waals surface area contributed by atoms with E-state index in [4.69, 9.17) is 15.1 Å². The fourth-order valence-electron chi connectivity index (χ4n) is 3.51. The minimum absolute atomic E-state index is 0.332. The van der Waals surface area contributed by atoms with E-state index in [1.54, 1.807) is 12.3 Å². The molecule has 0 saturated carbocycles. The predicted molar refractivity (Wildman–Crippen MR) is 126 cm³/mol. The van der Waals surface area contributed by atoms with Gasteiger partial charge < -0.3 is 15.5 Å². The van der Waals surface area contributed by atoms with Crippen molar-refractivity contribution in [3.05, 3.63) is 89.3 Å². The van der Waals surface area contributed by atoms with E-state index in [0.29, 0.717) is 32.2 Å². The molecule has 3 aromatic heterocycles. The van der Waals surface area contributed by atoms with E-state index in [2.05, 4.69) is 5.32 Å². The number of nitrogens with one attached hydrogen (secondary N) is 1. The minimum atomic E-state index is -0.376. The number of aryl methyl sites for hydroxylation is 1. The Bertz CT molecular complexity index is 1420. The molecule has 0 atom stereocenters. The standard InChI is InChI=1S/C25H18FN3O2S/c1-14-4-6-15(7-5-14)19-13-18(20-3-2-12-31-20)21-22(27)23(32-25(21)29-19)24(30)28-17-10-8-16(26)9-11-17/h2-13H,27H2,1H3,(H,28,30). The molecule has 1 amide bonds. The average molecular weight is 444 g/mol. The van der Waals surface area contributed by atoms with Crippen LogP contribution >= 0.6 is 11.3 Å². The summed E-state index contributed by atoms with van der Waals surface area (Å²) in [4.78, 5) is 18.7. The van der Waals surface area contributed by atoms with Crippen LogP contribution in [0.15, 0.2) is 77.4 Å². The number of furan rings is 1. The Labute approximate surface area is 187 Å². The van der Waals surface area contributed by atoms with Gasteiger partial charge in [0.2, 0.25) is 0 Å². The second-order valence-electron chi connectivity index (χ2n) is 7.38. The number of fused-ring (bicyclic) bond motifs is 1. The molecule has 5 aromatic rings. The normalized spacial score (nSPS) is 11.1. The van der Waals surface area contributed by atoms with Gasteiger partial charge in [0.15, 0.2) is 0 Å². The number of nitrogens with zero attached hydrogens (tertiary/aromatic N) is 1. The average Bonchev–Trinajstić information content (AvgIpc) is 3.44. The SMILES string of the molecule is Cc1ccc(-c2cc(-c3ccco3)c3c(N)c(C(=O)Nc4ccc(F)cc4)sc3n2)cc1. The fourth-order valence-corrected chi connectivity index (χ4v) is 4.52. The predicted octanol–water partition coefficient (Wildman–Crippen LogP) is 6.51. The molecular weight excluding hydrogens is 425 g/mol. The number of nitrogens with two attached hydrogens (primary N) is 1. The molecule has 0 aliphatic heterocycles. The Morgan fingerprint density at radius 1 is 1.09 bits per heavy atom. The van der Waals surface area contributed by atoms with Crippen molar-refractivity contribution >= 4 is 38.8 Å². The first kappa shape index (κ1) is 20.0. The number of hydrogen-bond acceptors (Lipinski definition) is 5. The van der Waals surface area contributed by atoms with Crippen LogP contribution in [0.25, 0.3) is 32.8 Å². The smallest absolute Gasteiger partial charge is 0.267 e. The van der Waals surface area contributed by atoms with Crippen LogP contribution in [0.4, 0.5) is 15.8 Å². The molecule has 5 nitrogen and oxygen atoms in total. The van der Waals surface area contributed by atoms with Crippen molar-refractivity contribution in [2.24, 2.45) is 0 Å². The zero-order valence-corrected chi connectivity index (χ0v) is 17.9. The summed E-state index contributed by atoms with van der Waals surface area (Å²) in [6.45, 7) is 2.03. The zero-order valence-electron chi connectivity index (χ0n) is 17.1. The molecule has 0 unspecified atom stereocenters. The van der Waals surface area contributed by atoms with Gasteiger partial charge in [-0.25, -0.2) is 9.37 Å². The van der Waals surface area contributed by atoms with Crippen LogP contribution in [0.5, 0.6) is 0 Å². The maximum Gasteiger partial charge on any atom is 0.267 e. The number of carbonyl (C=O) groups is 1. The molecular formula is C25H18FN3O2S. The fraction of sp³-hybridized carbons (Fsp3) is 0.0400. The number of rotatable bonds is 4. The summed E-state index contributed by atoms with van der Waals surface area (Å²) in [7, 11) is 0. The van der Waals surface area contributed by atoms with Gasteiger partial charge >= 0.3 is 0 Å². The molecule has 0 saturated heterocycles. The third-order valence-electron chi connectivity index (χ3n) is 5.14. The van der Waals surface area contributed by atoms with E-state index >= 15 is 0 Å². The molecule has 158 valence electrons. The molecule has 7 heteroatoms. The number of pyridine rings is 1. The number of carbonyl (C=O) groups excluding carboxylic acids is 1. The Morgan fingerprint density at radius 2 is 1.84 bits per heavy atom. The van der Waals surface area contributed by atoms with Crippen LogP contribution < -0.4 is 11.1 Å². The summed E-state index contributed by atoms with van der Waals surface area (Å²) in [6, 6.07) is 19.2. The highest BCUT2D eigenvalue weighted by molar-refractivity contribution is 7.21. The first-order chi connectivity index (χ1) is 15.5. The third kappa shape index (κ3) is 3.63. The van der Waals surface area contributed by atoms with Gasteiger partial charge in [-0.2, -0.15) is 0 Å². The Kier molecular flexibility index (Phi) is 4.95. The van der Waals surface area contributed by atoms with Crippen LogP contribution in [-0.4, -0.2) is 10.9 Å². The van der Waals surface area contributed by atoms with Crippen LogP contribution in [0.3, 0.4) is 0 Å². The van der Waals surface area contributed by atoms with E-state index in [1.807, 2.05) is 43.3 Å². The van der Waals surface area contributed by atoms with Gasteiger partial charge in [-0.05, 0) is 49.4 Å². The summed E-state index contributed by atoms with van der Waals surface area (Å²) in [6.07, 6.45) is 1.60. The highest BCUT2D eigenvalue weighted by Crippen LogP contribution is 2.41. The van der Waals surface area contributed by atoms with Crippen LogP contribution in [0.1, 0.15) is 15.2 Å². The molecule has 32 heavy (non-hydrogen) atoms. The zero-order chi connectivity index (χ0) is 22.2. The lowest BCUT2D eigenvalue weighted by molar-refractivity contribution is 0.103. The molecule has 0 spiro atoms. The second-order valence-corrected chi connectivity index (χ2v) is 8.38. The monoisotopic (exact) mass is 443 g/mol. The highest BCUT2D eigenvalue weighted by atomic mass is 32.1. The number of halogens is 1. The van der Waals surface area contributed by atoms with Gasteiger partial charge in [0, 0.05) is 22.2 Å². The van der Waals surface area contributed by atoms with Crippen LogP contribution in [-0.2, 0) is 0 Å². The molecule has 3 heterocycles. The van der Waals surface area contributed by atoms with Crippen molar-refractivity contribution in [3.63, 3.8) is 0 Å². The number of hydrogen-bond donors (Lipinski definition) is 2. The first-order valence-corrected chi connectivity index (χ1v) is 10.7. The number of benzene rings is 2. The minimum Gasteiger partial charge on any atom is -0.464 e. The van der Waals surface area contributed by atoms with Crippen LogP contribution in [0, 0.1) is 12.7 Å². The molecule has 2 aromatic carbocycles. The third-order valence-corrected chi connectivity index (χ3v) is 6.24. The number of aromatic nitrogens is 1. The summed E-state index contributed by atoms with van der Waals surface area (Å²) in [5.74, 6) is -0.111. The summed E-state index contributed by atoms with van der Waals surface area (Å²) in [5, 5.41) is 3.44. The van der Waals surface area contributed by atoms with Crippen molar-refractivity contribution < 1.29 is 13.6 Å². The van der Waals surface area contributed by atoms with Gasteiger partial charge in [-0.15, -0.1) is 11.3 Å². The number of thiophene rings is 1. The largest absolute Gasteiger partial charge is 0.464 e. The molecule has 0 bridgehead atoms. The molecule has 3 N–H and O–H groups in total. The first-order valence-electron chi connectivity index (χ1n) is 9.90. The Balaban J connectivity index is 1.64. The van der Waals surface area contributed by atoms with Crippen molar-refractivity contribution in [3.8, 4) is 22.6 Å². The Morgan fingerprint density at radius 3 is 2.53 bits per heavy atom. The van der Waals surface area contributed by atoms with Gasteiger partial charge in [0.25, 0.3) is 5.91 Å². The molecule has 0 aliphatic rings. The van der Waals surface area contributed by atoms with Crippen molar-refractivity contribution in [2.75, 3.05) is 11.1 Å². The van der Waals surface area contributed by atoms with E-state index in [1.165, 1.54) is 35.6 Å². The maximum absolute atomic E-state index is 13.2. The lowest BCUT2D eigenvalue weighted by Crippen LogP contribution is -2.11. The van der Waals surface area contributed by atoms with Crippen LogP contribution in [0.2, 0.25) is 0 Å². The lowest BCUT2D eigenvalue weighted by atomic mass is 10.0. The number of amides is 1. The van der Waals surface area contributed by atoms with E-state index in [-0.39, 0.29) is 11.7 Å². The van der Waals surface area contributed by atoms with E-state index < -0.39 is 0 Å². The maximum atomic E-state index is 13.2. The molecule has 0 radical (unpaired) electrons. The Hall–Kier alpha value is -3.97. The number of anilines is 2. The highest BCUT2D eigenvalue weighted by Gasteiger charge is 2.22. The molecule has 0 aliphatic carbocycles. The van der Waals surface area contributed by atoms with Gasteiger partial charge in [0.1, 0.15) is 21.3 Å². The van der Waals surface area contributed by atoms with Gasteiger partial charge in [0.05, 0.1) is 17.6 Å².